The Morgan fingerprint density at radius 2 is 1.06 bits per heavy atom. The van der Waals surface area contributed by atoms with Crippen LogP contribution in [-0.2, 0) is 0 Å². The number of furan rings is 2. The minimum Gasteiger partial charge on any atom is -0.456 e. The van der Waals surface area contributed by atoms with Crippen LogP contribution >= 0.6 is 11.3 Å². The predicted octanol–water partition coefficient (Wildman–Crippen LogP) is 15.9. The number of hydrogen-bond acceptors (Lipinski definition) is 5. The monoisotopic (exact) mass is 809 g/mol. The van der Waals surface area contributed by atoms with E-state index in [9.17, 15) is 0 Å². The molecule has 0 N–H and O–H groups in total. The highest BCUT2D eigenvalue weighted by Crippen LogP contribution is 2.46. The van der Waals surface area contributed by atoms with Crippen molar-refractivity contribution in [2.24, 2.45) is 0 Å². The lowest BCUT2D eigenvalue weighted by Crippen LogP contribution is -2.02. The van der Waals surface area contributed by atoms with Gasteiger partial charge in [-0.15, -0.1) is 11.3 Å². The van der Waals surface area contributed by atoms with Crippen molar-refractivity contribution in [3.63, 3.8) is 0 Å². The number of hydrogen-bond donors (Lipinski definition) is 0. The molecule has 0 unspecified atom stereocenters. The molecular weight excluding hydrogens is 779 g/mol. The van der Waals surface area contributed by atoms with E-state index in [2.05, 4.69) is 180 Å². The van der Waals surface area contributed by atoms with Crippen LogP contribution in [0, 0.1) is 0 Å². The summed E-state index contributed by atoms with van der Waals surface area (Å²) >= 11 is 1.75. The topological polar surface area (TPSA) is 57.0 Å². The maximum atomic E-state index is 7.11. The van der Waals surface area contributed by atoms with Gasteiger partial charge in [0.05, 0.1) is 32.3 Å². The van der Waals surface area contributed by atoms with Crippen molar-refractivity contribution in [1.82, 2.24) is 14.5 Å². The van der Waals surface area contributed by atoms with Gasteiger partial charge in [0, 0.05) is 42.6 Å². The fourth-order valence-corrected chi connectivity index (χ4v) is 11.0. The van der Waals surface area contributed by atoms with Gasteiger partial charge in [-0.05, 0) is 81.6 Å². The van der Waals surface area contributed by atoms with Crippen molar-refractivity contribution >= 4 is 108 Å². The first-order valence-corrected chi connectivity index (χ1v) is 21.6. The van der Waals surface area contributed by atoms with E-state index >= 15 is 0 Å². The van der Waals surface area contributed by atoms with Crippen LogP contribution in [0.2, 0.25) is 0 Å². The van der Waals surface area contributed by atoms with E-state index in [1.54, 1.807) is 11.3 Å². The first-order chi connectivity index (χ1) is 30.7. The molecule has 0 atom stereocenters. The lowest BCUT2D eigenvalue weighted by molar-refractivity contribution is 0.669. The van der Waals surface area contributed by atoms with Crippen molar-refractivity contribution in [2.45, 2.75) is 0 Å². The summed E-state index contributed by atoms with van der Waals surface area (Å²) in [5.74, 6) is 0.624. The van der Waals surface area contributed by atoms with Crippen molar-refractivity contribution in [3.8, 4) is 39.5 Å². The third-order valence-electron chi connectivity index (χ3n) is 12.6. The van der Waals surface area contributed by atoms with Gasteiger partial charge >= 0.3 is 0 Å². The molecule has 0 fully saturated rings. The molecule has 62 heavy (non-hydrogen) atoms. The molecule has 9 aromatic carbocycles. The molecule has 5 aromatic heterocycles. The molecule has 0 aliphatic heterocycles. The molecule has 0 bridgehead atoms. The Bertz CT molecular complexity index is 4150. The molecule has 14 aromatic rings. The highest BCUT2D eigenvalue weighted by atomic mass is 32.1. The Balaban J connectivity index is 1.01. The Morgan fingerprint density at radius 1 is 0.403 bits per heavy atom. The van der Waals surface area contributed by atoms with Crippen LogP contribution < -0.4 is 0 Å². The molecule has 0 amide bonds. The third-order valence-corrected chi connectivity index (χ3v) is 13.8. The molecule has 0 aliphatic carbocycles. The number of rotatable bonds is 4. The van der Waals surface area contributed by atoms with Gasteiger partial charge in [0.1, 0.15) is 22.3 Å². The van der Waals surface area contributed by atoms with Crippen LogP contribution in [0.25, 0.3) is 136 Å². The molecule has 0 saturated carbocycles. The zero-order chi connectivity index (χ0) is 40.5. The van der Waals surface area contributed by atoms with Crippen LogP contribution in [-0.4, -0.2) is 14.5 Å². The highest BCUT2D eigenvalue weighted by molar-refractivity contribution is 7.26. The average Bonchev–Trinajstić information content (AvgIpc) is 4.10. The quantitative estimate of drug-likeness (QED) is 0.178. The van der Waals surface area contributed by atoms with E-state index in [1.165, 1.54) is 15.8 Å². The second kappa shape index (κ2) is 12.7. The van der Waals surface area contributed by atoms with E-state index in [0.29, 0.717) is 5.95 Å². The summed E-state index contributed by atoms with van der Waals surface area (Å²) in [5.41, 5.74) is 12.9. The van der Waals surface area contributed by atoms with E-state index in [0.717, 1.165) is 114 Å². The Labute approximate surface area is 357 Å². The number of para-hydroxylation sites is 2. The Hall–Kier alpha value is -8.06. The van der Waals surface area contributed by atoms with Gasteiger partial charge in [-0.2, -0.15) is 0 Å². The molecule has 0 saturated heterocycles. The van der Waals surface area contributed by atoms with Gasteiger partial charge in [-0.25, -0.2) is 9.97 Å². The van der Waals surface area contributed by atoms with Gasteiger partial charge in [-0.3, -0.25) is 4.57 Å². The van der Waals surface area contributed by atoms with Gasteiger partial charge in [-0.1, -0.05) is 140 Å². The Morgan fingerprint density at radius 3 is 1.94 bits per heavy atom. The largest absolute Gasteiger partial charge is 0.456 e. The summed E-state index contributed by atoms with van der Waals surface area (Å²) in [6.07, 6.45) is 0. The van der Waals surface area contributed by atoms with Crippen molar-refractivity contribution in [2.75, 3.05) is 0 Å². The minimum absolute atomic E-state index is 0.624. The summed E-state index contributed by atoms with van der Waals surface area (Å²) in [4.78, 5) is 10.9. The maximum Gasteiger partial charge on any atom is 0.235 e. The predicted molar refractivity (Wildman–Crippen MR) is 258 cm³/mol. The van der Waals surface area contributed by atoms with Gasteiger partial charge in [0.25, 0.3) is 0 Å². The van der Waals surface area contributed by atoms with E-state index < -0.39 is 0 Å². The second-order valence-corrected chi connectivity index (χ2v) is 17.1. The molecule has 0 spiro atoms. The third kappa shape index (κ3) is 4.78. The maximum absolute atomic E-state index is 7.11. The number of fused-ring (bicyclic) bond motifs is 15. The zero-order valence-corrected chi connectivity index (χ0v) is 33.8. The first kappa shape index (κ1) is 33.7. The molecule has 0 aliphatic rings. The summed E-state index contributed by atoms with van der Waals surface area (Å²) in [6, 6.07) is 66.4. The lowest BCUT2D eigenvalue weighted by atomic mass is 9.94. The molecule has 6 heteroatoms. The number of aromatic nitrogens is 3. The van der Waals surface area contributed by atoms with Crippen molar-refractivity contribution in [3.05, 3.63) is 188 Å². The van der Waals surface area contributed by atoms with Gasteiger partial charge < -0.3 is 8.83 Å². The first-order valence-electron chi connectivity index (χ1n) is 20.8. The average molecular weight is 810 g/mol. The minimum atomic E-state index is 0.624. The summed E-state index contributed by atoms with van der Waals surface area (Å²) < 4.78 is 17.9. The van der Waals surface area contributed by atoms with Crippen LogP contribution in [0.3, 0.4) is 0 Å². The summed E-state index contributed by atoms with van der Waals surface area (Å²) in [7, 11) is 0. The molecular formula is C56H31N3O2S. The SMILES string of the molecule is c1ccc(-c2ccc(-c3nc(-n4c5ccccc5c5c6oc7cc(-c8ccc9c(c8)oc8ccccc89)c8ccccc8c7c6ccc54)nc4c3sc3ccccc34)cc2)cc1. The second-order valence-electron chi connectivity index (χ2n) is 16.0. The number of thiophene rings is 1. The standard InChI is InChI=1S/C56H31N3O2S/c1-2-12-32(13-3-1)33-22-24-34(25-23-33)52-55-53(41-18-8-11-21-49(41)62-55)58-56(57-52)59-44-19-9-6-17-40(44)51-45(59)29-28-42-50-39-16-5-4-14-36(39)43(31-48(50)61-54(42)51)35-26-27-38-37-15-7-10-20-46(37)60-47(38)30-35/h1-31H. The molecule has 14 rings (SSSR count). The van der Waals surface area contributed by atoms with Gasteiger partial charge in [0.2, 0.25) is 5.95 Å². The molecule has 5 nitrogen and oxygen atoms in total. The number of nitrogens with zero attached hydrogens (tertiary/aromatic N) is 3. The van der Waals surface area contributed by atoms with Crippen LogP contribution in [0.15, 0.2) is 197 Å². The van der Waals surface area contributed by atoms with E-state index in [-0.39, 0.29) is 0 Å². The van der Waals surface area contributed by atoms with E-state index in [4.69, 9.17) is 18.8 Å². The smallest absolute Gasteiger partial charge is 0.235 e. The summed E-state index contributed by atoms with van der Waals surface area (Å²) in [5, 5.41) is 9.97. The van der Waals surface area contributed by atoms with Crippen LogP contribution in [0.1, 0.15) is 0 Å². The molecule has 288 valence electrons. The van der Waals surface area contributed by atoms with Crippen molar-refractivity contribution < 1.29 is 8.83 Å². The number of benzene rings is 9. The van der Waals surface area contributed by atoms with E-state index in [1.807, 2.05) is 12.1 Å². The summed E-state index contributed by atoms with van der Waals surface area (Å²) in [6.45, 7) is 0. The lowest BCUT2D eigenvalue weighted by Gasteiger charge is -2.11. The molecule has 5 heterocycles. The highest BCUT2D eigenvalue weighted by Gasteiger charge is 2.24. The van der Waals surface area contributed by atoms with Gasteiger partial charge in [0.15, 0.2) is 0 Å². The fourth-order valence-electron chi connectivity index (χ4n) is 9.82. The van der Waals surface area contributed by atoms with Crippen LogP contribution in [0.5, 0.6) is 0 Å². The molecule has 0 radical (unpaired) electrons. The van der Waals surface area contributed by atoms with Crippen molar-refractivity contribution in [1.29, 1.82) is 0 Å². The normalized spacial score (nSPS) is 12.2. The zero-order valence-electron chi connectivity index (χ0n) is 33.0. The Kier molecular flexibility index (Phi) is 6.92. The van der Waals surface area contributed by atoms with Crippen LogP contribution in [0.4, 0.5) is 0 Å². The fraction of sp³-hybridized carbons (Fsp3) is 0.